The molecule has 0 amide bonds. The Labute approximate surface area is 205 Å². The van der Waals surface area contributed by atoms with Gasteiger partial charge in [-0.15, -0.1) is 11.3 Å². The maximum absolute atomic E-state index is 13.8. The Morgan fingerprint density at radius 2 is 1.82 bits per heavy atom. The fourth-order valence-electron chi connectivity index (χ4n) is 3.95. The first kappa shape index (κ1) is 22.2. The second-order valence-electron chi connectivity index (χ2n) is 7.61. The van der Waals surface area contributed by atoms with Crippen LogP contribution in [0.5, 0.6) is 0 Å². The summed E-state index contributed by atoms with van der Waals surface area (Å²) in [6.07, 6.45) is 5.74. The van der Waals surface area contributed by atoms with E-state index < -0.39 is 0 Å². The number of thiazole rings is 1. The number of aromatic nitrogens is 3. The van der Waals surface area contributed by atoms with Crippen LogP contribution in [0.15, 0.2) is 77.1 Å². The van der Waals surface area contributed by atoms with Crippen molar-refractivity contribution in [2.75, 3.05) is 0 Å². The summed E-state index contributed by atoms with van der Waals surface area (Å²) >= 11 is 8.11. The average Bonchev–Trinajstić information content (AvgIpc) is 3.54. The van der Waals surface area contributed by atoms with Gasteiger partial charge in [-0.2, -0.15) is 4.98 Å². The lowest BCUT2D eigenvalue weighted by Gasteiger charge is -2.17. The third kappa shape index (κ3) is 4.55. The molecule has 0 bridgehead atoms. The fraction of sp³-hybridized carbons (Fsp3) is 0.0741. The molecule has 4 nitrogen and oxygen atoms in total. The average molecular weight is 488 g/mol. The molecule has 0 N–H and O–H groups in total. The zero-order valence-electron chi connectivity index (χ0n) is 18.2. The molecular weight excluding hydrogens is 469 g/mol. The molecule has 0 spiro atoms. The predicted molar refractivity (Wildman–Crippen MR) is 137 cm³/mol. The molecule has 0 unspecified atom stereocenters. The Hall–Kier alpha value is -3.61. The number of halogens is 2. The van der Waals surface area contributed by atoms with Crippen LogP contribution in [0.1, 0.15) is 41.4 Å². The number of nitrogens with zero attached hydrogens (tertiary/aromatic N) is 3. The first-order valence-electron chi connectivity index (χ1n) is 10.7. The highest BCUT2D eigenvalue weighted by Crippen LogP contribution is 2.38. The van der Waals surface area contributed by atoms with Crippen molar-refractivity contribution < 1.29 is 8.91 Å². The molecule has 0 aliphatic carbocycles. The van der Waals surface area contributed by atoms with Gasteiger partial charge in [0.05, 0.1) is 20.7 Å². The van der Waals surface area contributed by atoms with Crippen LogP contribution in [-0.2, 0) is 0 Å². The van der Waals surface area contributed by atoms with Gasteiger partial charge in [0.2, 0.25) is 6.39 Å². The third-order valence-corrected chi connectivity index (χ3v) is 6.66. The number of benzene rings is 3. The lowest BCUT2D eigenvalue weighted by Crippen LogP contribution is -1.96. The molecule has 5 aromatic rings. The van der Waals surface area contributed by atoms with Crippen LogP contribution in [0.4, 0.5) is 4.39 Å². The molecule has 0 aliphatic heterocycles. The van der Waals surface area contributed by atoms with E-state index in [1.165, 1.54) is 18.5 Å². The maximum Gasteiger partial charge on any atom is 0.214 e. The van der Waals surface area contributed by atoms with E-state index in [0.29, 0.717) is 10.8 Å². The van der Waals surface area contributed by atoms with Crippen molar-refractivity contribution in [3.63, 3.8) is 0 Å². The molecule has 0 saturated heterocycles. The van der Waals surface area contributed by atoms with E-state index in [2.05, 4.69) is 52.4 Å². The Balaban J connectivity index is 1.65. The summed E-state index contributed by atoms with van der Waals surface area (Å²) in [6, 6.07) is 19.1. The summed E-state index contributed by atoms with van der Waals surface area (Å²) in [4.78, 5) is 8.50. The lowest BCUT2D eigenvalue weighted by atomic mass is 9.87. The molecule has 3 aromatic carbocycles. The van der Waals surface area contributed by atoms with Crippen molar-refractivity contribution in [3.8, 4) is 0 Å². The van der Waals surface area contributed by atoms with Crippen LogP contribution in [0, 0.1) is 5.82 Å². The van der Waals surface area contributed by atoms with E-state index >= 15 is 0 Å². The molecule has 2 aromatic heterocycles. The van der Waals surface area contributed by atoms with Gasteiger partial charge in [-0.3, -0.25) is 0 Å². The Kier molecular flexibility index (Phi) is 6.34. The van der Waals surface area contributed by atoms with Gasteiger partial charge in [0.15, 0.2) is 5.82 Å². The summed E-state index contributed by atoms with van der Waals surface area (Å²) in [5, 5.41) is 4.19. The largest absolute Gasteiger partial charge is 0.342 e. The molecule has 0 saturated carbocycles. The molecule has 5 rings (SSSR count). The van der Waals surface area contributed by atoms with Crippen LogP contribution < -0.4 is 0 Å². The molecule has 7 heteroatoms. The van der Waals surface area contributed by atoms with Crippen molar-refractivity contribution in [3.05, 3.63) is 111 Å². The van der Waals surface area contributed by atoms with Gasteiger partial charge in [-0.1, -0.05) is 66.2 Å². The van der Waals surface area contributed by atoms with E-state index in [9.17, 15) is 4.39 Å². The molecule has 0 fully saturated rings. The summed E-state index contributed by atoms with van der Waals surface area (Å²) in [7, 11) is 0. The van der Waals surface area contributed by atoms with Gasteiger partial charge < -0.3 is 4.52 Å². The fourth-order valence-corrected chi connectivity index (χ4v) is 4.89. The molecule has 0 atom stereocenters. The molecule has 168 valence electrons. The highest BCUT2D eigenvalue weighted by Gasteiger charge is 2.16. The van der Waals surface area contributed by atoms with Crippen molar-refractivity contribution in [1.82, 2.24) is 15.1 Å². The van der Waals surface area contributed by atoms with Gasteiger partial charge in [0.1, 0.15) is 5.82 Å². The van der Waals surface area contributed by atoms with Gasteiger partial charge in [-0.25, -0.2) is 9.37 Å². The standard InChI is InChI=1S/C27H19ClFN3OS/c1-2-21(22-10-9-20(29)14-23(22)28)27(19-8-11-25-24(13-19)31-16-34-25)18-6-3-17(4-7-18)5-12-26-30-15-33-32-26/h3-16H,2H2,1H3. The molecule has 34 heavy (non-hydrogen) atoms. The zero-order valence-corrected chi connectivity index (χ0v) is 19.8. The van der Waals surface area contributed by atoms with Crippen molar-refractivity contribution in [2.45, 2.75) is 13.3 Å². The lowest BCUT2D eigenvalue weighted by molar-refractivity contribution is 0.415. The second-order valence-corrected chi connectivity index (χ2v) is 8.90. The Morgan fingerprint density at radius 1 is 1.00 bits per heavy atom. The van der Waals surface area contributed by atoms with Crippen LogP contribution in [0.2, 0.25) is 5.02 Å². The van der Waals surface area contributed by atoms with Crippen molar-refractivity contribution in [1.29, 1.82) is 0 Å². The minimum Gasteiger partial charge on any atom is -0.342 e. The van der Waals surface area contributed by atoms with Crippen LogP contribution in [-0.4, -0.2) is 15.1 Å². The van der Waals surface area contributed by atoms with E-state index in [1.54, 1.807) is 23.5 Å². The van der Waals surface area contributed by atoms with E-state index in [1.807, 2.05) is 23.7 Å². The summed E-state index contributed by atoms with van der Waals surface area (Å²) in [5.41, 5.74) is 8.75. The summed E-state index contributed by atoms with van der Waals surface area (Å²) in [6.45, 7) is 2.08. The monoisotopic (exact) mass is 487 g/mol. The Bertz CT molecular complexity index is 1500. The molecule has 0 aliphatic rings. The van der Waals surface area contributed by atoms with Crippen LogP contribution in [0.3, 0.4) is 0 Å². The zero-order chi connectivity index (χ0) is 23.5. The number of rotatable bonds is 6. The molecule has 0 radical (unpaired) electrons. The van der Waals surface area contributed by atoms with Crippen LogP contribution >= 0.6 is 22.9 Å². The minimum atomic E-state index is -0.354. The van der Waals surface area contributed by atoms with Gasteiger partial charge in [0, 0.05) is 0 Å². The van der Waals surface area contributed by atoms with Gasteiger partial charge >= 0.3 is 0 Å². The van der Waals surface area contributed by atoms with E-state index in [0.717, 1.165) is 50.0 Å². The number of hydrogen-bond acceptors (Lipinski definition) is 5. The SMILES string of the molecule is CCC(=C(c1ccc(C=Cc2ncon2)cc1)c1ccc2scnc2c1)c1ccc(F)cc1Cl. The maximum atomic E-state index is 13.8. The number of allylic oxidation sites excluding steroid dienone is 1. The summed E-state index contributed by atoms with van der Waals surface area (Å²) in [5.74, 6) is 0.160. The predicted octanol–water partition coefficient (Wildman–Crippen LogP) is 8.01. The topological polar surface area (TPSA) is 51.8 Å². The first-order valence-corrected chi connectivity index (χ1v) is 11.9. The van der Waals surface area contributed by atoms with E-state index in [4.69, 9.17) is 16.1 Å². The number of hydrogen-bond donors (Lipinski definition) is 0. The van der Waals surface area contributed by atoms with Gasteiger partial charge in [-0.05, 0) is 70.2 Å². The first-order chi connectivity index (χ1) is 16.6. The molecular formula is C27H19ClFN3OS. The van der Waals surface area contributed by atoms with Crippen LogP contribution in [0.25, 0.3) is 33.5 Å². The third-order valence-electron chi connectivity index (χ3n) is 5.53. The smallest absolute Gasteiger partial charge is 0.214 e. The van der Waals surface area contributed by atoms with Gasteiger partial charge in [0.25, 0.3) is 0 Å². The quantitative estimate of drug-likeness (QED) is 0.227. The highest BCUT2D eigenvalue weighted by atomic mass is 35.5. The van der Waals surface area contributed by atoms with Crippen molar-refractivity contribution in [2.24, 2.45) is 0 Å². The summed E-state index contributed by atoms with van der Waals surface area (Å²) < 4.78 is 19.7. The normalized spacial score (nSPS) is 12.4. The van der Waals surface area contributed by atoms with Crippen molar-refractivity contribution >= 4 is 56.5 Å². The second kappa shape index (κ2) is 9.71. The highest BCUT2D eigenvalue weighted by molar-refractivity contribution is 7.16. The minimum absolute atomic E-state index is 0.354. The Morgan fingerprint density at radius 3 is 2.56 bits per heavy atom. The number of fused-ring (bicyclic) bond motifs is 1. The van der Waals surface area contributed by atoms with E-state index in [-0.39, 0.29) is 5.82 Å². The molecule has 2 heterocycles.